The summed E-state index contributed by atoms with van der Waals surface area (Å²) in [7, 11) is 0. The smallest absolute Gasteiger partial charge is 0.353 e. The van der Waals surface area contributed by atoms with Gasteiger partial charge in [-0.05, 0) is 13.8 Å². The minimum absolute atomic E-state index is 0.0975. The average Bonchev–Trinajstić information content (AvgIpc) is 2.77. The summed E-state index contributed by atoms with van der Waals surface area (Å²) in [5.41, 5.74) is -3.06. The van der Waals surface area contributed by atoms with Crippen LogP contribution in [0.3, 0.4) is 0 Å². The van der Waals surface area contributed by atoms with Gasteiger partial charge < -0.3 is 18.9 Å². The Balaban J connectivity index is 2.34. The molecule has 2 heterocycles. The Morgan fingerprint density at radius 2 is 2.08 bits per heavy atom. The summed E-state index contributed by atoms with van der Waals surface area (Å²) in [6, 6.07) is 1.39. The number of hydrogen-bond donors (Lipinski definition) is 0. The first-order valence-corrected chi connectivity index (χ1v) is 8.03. The fourth-order valence-corrected chi connectivity index (χ4v) is 2.71. The molecule has 2 rings (SSSR count). The van der Waals surface area contributed by atoms with E-state index in [1.165, 1.54) is 19.2 Å². The lowest BCUT2D eigenvalue weighted by Crippen LogP contribution is -2.45. The van der Waals surface area contributed by atoms with Crippen LogP contribution in [0.2, 0.25) is 0 Å². The lowest BCUT2D eigenvalue weighted by molar-refractivity contribution is -0.158. The maximum absolute atomic E-state index is 15.4. The first-order chi connectivity index (χ1) is 12.2. The largest absolute Gasteiger partial charge is 0.478 e. The predicted molar refractivity (Wildman–Crippen MR) is 85.3 cm³/mol. The minimum atomic E-state index is -2.27. The molecule has 9 nitrogen and oxygen atoms in total. The van der Waals surface area contributed by atoms with Crippen molar-refractivity contribution in [3.05, 3.63) is 22.7 Å². The third-order valence-electron chi connectivity index (χ3n) is 3.77. The number of carbonyl (C=O) groups is 2. The predicted octanol–water partition coefficient (Wildman–Crippen LogP) is 0.762. The van der Waals surface area contributed by atoms with E-state index >= 15 is 4.39 Å². The zero-order valence-corrected chi connectivity index (χ0v) is 14.9. The Labute approximate surface area is 149 Å². The molecule has 1 fully saturated rings. The van der Waals surface area contributed by atoms with Gasteiger partial charge in [-0.15, -0.1) is 0 Å². The summed E-state index contributed by atoms with van der Waals surface area (Å²) in [4.78, 5) is 38.3. The molecule has 1 saturated heterocycles. The van der Waals surface area contributed by atoms with Gasteiger partial charge in [0.05, 0.1) is 6.61 Å². The highest BCUT2D eigenvalue weighted by molar-refractivity contribution is 5.66. The first-order valence-electron chi connectivity index (χ1n) is 8.03. The number of carbonyl (C=O) groups excluding carboxylic acids is 2. The zero-order chi connectivity index (χ0) is 19.5. The van der Waals surface area contributed by atoms with Crippen LogP contribution in [0.25, 0.3) is 0 Å². The van der Waals surface area contributed by atoms with Crippen molar-refractivity contribution in [2.45, 2.75) is 51.8 Å². The maximum Gasteiger partial charge on any atom is 0.353 e. The van der Waals surface area contributed by atoms with Crippen LogP contribution in [0, 0.1) is 0 Å². The van der Waals surface area contributed by atoms with Crippen LogP contribution < -0.4 is 10.4 Å². The lowest BCUT2D eigenvalue weighted by atomic mass is 9.98. The molecule has 0 saturated carbocycles. The minimum Gasteiger partial charge on any atom is -0.478 e. The molecule has 0 amide bonds. The SMILES string of the molecule is CCOc1ccn([C@@H]2O[C@H](COC(C)=O)C(OC(C)=O)[C@@]2(C)F)c(=O)n1. The van der Waals surface area contributed by atoms with Crippen molar-refractivity contribution >= 4 is 11.9 Å². The number of aromatic nitrogens is 2. The van der Waals surface area contributed by atoms with Crippen LogP contribution >= 0.6 is 0 Å². The second-order valence-electron chi connectivity index (χ2n) is 5.90. The molecule has 0 aromatic carbocycles. The highest BCUT2D eigenvalue weighted by Crippen LogP contribution is 2.42. The van der Waals surface area contributed by atoms with Crippen LogP contribution in [0.5, 0.6) is 5.88 Å². The second-order valence-corrected chi connectivity index (χ2v) is 5.90. The third kappa shape index (κ3) is 4.18. The Hall–Kier alpha value is -2.49. The Morgan fingerprint density at radius 3 is 2.62 bits per heavy atom. The number of halogens is 1. The molecule has 0 bridgehead atoms. The number of hydrogen-bond acceptors (Lipinski definition) is 8. The standard InChI is InChI=1S/C16H21FN2O7/c1-5-23-12-6-7-19(15(22)18-12)14-16(4,17)13(25-10(3)21)11(26-14)8-24-9(2)20/h6-7,11,13-14H,5,8H2,1-4H3/t11-,13?,14-,16-/m1/s1. The van der Waals surface area contributed by atoms with E-state index in [4.69, 9.17) is 18.9 Å². The molecule has 1 unspecified atom stereocenters. The van der Waals surface area contributed by atoms with Gasteiger partial charge in [0, 0.05) is 26.1 Å². The number of rotatable bonds is 6. The van der Waals surface area contributed by atoms with E-state index < -0.39 is 41.7 Å². The fraction of sp³-hybridized carbons (Fsp3) is 0.625. The van der Waals surface area contributed by atoms with E-state index in [1.54, 1.807) is 6.92 Å². The summed E-state index contributed by atoms with van der Waals surface area (Å²) in [6.45, 7) is 5.16. The van der Waals surface area contributed by atoms with E-state index in [9.17, 15) is 14.4 Å². The monoisotopic (exact) mass is 372 g/mol. The fourth-order valence-electron chi connectivity index (χ4n) is 2.71. The van der Waals surface area contributed by atoms with Gasteiger partial charge >= 0.3 is 17.6 Å². The van der Waals surface area contributed by atoms with Gasteiger partial charge in [-0.3, -0.25) is 14.2 Å². The van der Waals surface area contributed by atoms with E-state index in [1.807, 2.05) is 0 Å². The molecule has 26 heavy (non-hydrogen) atoms. The van der Waals surface area contributed by atoms with Gasteiger partial charge in [-0.1, -0.05) is 0 Å². The van der Waals surface area contributed by atoms with Crippen molar-refractivity contribution in [2.75, 3.05) is 13.2 Å². The summed E-state index contributed by atoms with van der Waals surface area (Å²) in [6.07, 6.45) is -2.60. The summed E-state index contributed by atoms with van der Waals surface area (Å²) < 4.78 is 36.9. The van der Waals surface area contributed by atoms with E-state index in [0.717, 1.165) is 18.4 Å². The van der Waals surface area contributed by atoms with Crippen LogP contribution in [0.15, 0.2) is 17.1 Å². The Bertz CT molecular complexity index is 734. The molecular formula is C16H21FN2O7. The molecule has 1 aliphatic heterocycles. The second kappa shape index (κ2) is 7.81. The normalized spacial score (nSPS) is 27.8. The highest BCUT2D eigenvalue weighted by atomic mass is 19.1. The van der Waals surface area contributed by atoms with Gasteiger partial charge in [0.25, 0.3) is 0 Å². The number of esters is 2. The molecule has 4 atom stereocenters. The van der Waals surface area contributed by atoms with Crippen molar-refractivity contribution in [3.63, 3.8) is 0 Å². The summed E-state index contributed by atoms with van der Waals surface area (Å²) in [5, 5.41) is 0. The number of alkyl halides is 1. The zero-order valence-electron chi connectivity index (χ0n) is 14.9. The van der Waals surface area contributed by atoms with Crippen molar-refractivity contribution in [1.82, 2.24) is 9.55 Å². The van der Waals surface area contributed by atoms with Crippen molar-refractivity contribution in [1.29, 1.82) is 0 Å². The van der Waals surface area contributed by atoms with Gasteiger partial charge in [0.2, 0.25) is 5.88 Å². The quantitative estimate of drug-likeness (QED) is 0.674. The van der Waals surface area contributed by atoms with Crippen LogP contribution in [-0.2, 0) is 23.8 Å². The molecule has 1 aromatic rings. The van der Waals surface area contributed by atoms with Gasteiger partial charge in [-0.2, -0.15) is 4.98 Å². The van der Waals surface area contributed by atoms with E-state index in [-0.39, 0.29) is 12.5 Å². The molecule has 0 radical (unpaired) electrons. The van der Waals surface area contributed by atoms with E-state index in [0.29, 0.717) is 6.61 Å². The third-order valence-corrected chi connectivity index (χ3v) is 3.77. The first kappa shape index (κ1) is 19.8. The Kier molecular flexibility index (Phi) is 5.96. The van der Waals surface area contributed by atoms with Crippen LogP contribution in [0.4, 0.5) is 4.39 Å². The van der Waals surface area contributed by atoms with Crippen molar-refractivity contribution < 1.29 is 32.9 Å². The number of ether oxygens (including phenoxy) is 4. The maximum atomic E-state index is 15.4. The molecule has 1 aromatic heterocycles. The van der Waals surface area contributed by atoms with Crippen molar-refractivity contribution in [2.24, 2.45) is 0 Å². The molecule has 0 spiro atoms. The van der Waals surface area contributed by atoms with Crippen LogP contribution in [0.1, 0.15) is 33.9 Å². The molecule has 10 heteroatoms. The molecular weight excluding hydrogens is 351 g/mol. The lowest BCUT2D eigenvalue weighted by Gasteiger charge is -2.27. The topological polar surface area (TPSA) is 106 Å². The average molecular weight is 372 g/mol. The number of nitrogens with zero attached hydrogens (tertiary/aromatic N) is 2. The van der Waals surface area contributed by atoms with Crippen molar-refractivity contribution in [3.8, 4) is 5.88 Å². The van der Waals surface area contributed by atoms with E-state index in [2.05, 4.69) is 4.98 Å². The van der Waals surface area contributed by atoms with Gasteiger partial charge in [0.15, 0.2) is 18.0 Å². The molecule has 144 valence electrons. The molecule has 0 N–H and O–H groups in total. The van der Waals surface area contributed by atoms with Gasteiger partial charge in [-0.25, -0.2) is 9.18 Å². The van der Waals surface area contributed by atoms with Crippen LogP contribution in [-0.4, -0.2) is 52.6 Å². The summed E-state index contributed by atoms with van der Waals surface area (Å²) in [5.74, 6) is -1.23. The highest BCUT2D eigenvalue weighted by Gasteiger charge is 2.58. The summed E-state index contributed by atoms with van der Waals surface area (Å²) >= 11 is 0. The molecule has 1 aliphatic rings. The van der Waals surface area contributed by atoms with Gasteiger partial charge in [0.1, 0.15) is 12.7 Å². The Morgan fingerprint density at radius 1 is 1.38 bits per heavy atom. The molecule has 0 aliphatic carbocycles.